The Morgan fingerprint density at radius 3 is 2.14 bits per heavy atom. The zero-order valence-corrected chi connectivity index (χ0v) is 14.5. The zero-order valence-electron chi connectivity index (χ0n) is 14.5. The lowest BCUT2D eigenvalue weighted by molar-refractivity contribution is -0.155. The van der Waals surface area contributed by atoms with Gasteiger partial charge in [0.1, 0.15) is 11.4 Å². The maximum absolute atomic E-state index is 11.7. The lowest BCUT2D eigenvalue weighted by Crippen LogP contribution is -2.24. The average molecular weight is 312 g/mol. The molecule has 0 radical (unpaired) electrons. The van der Waals surface area contributed by atoms with Crippen LogP contribution in [0.5, 0.6) is 0 Å². The van der Waals surface area contributed by atoms with E-state index in [9.17, 15) is 14.4 Å². The molecule has 0 aromatic carbocycles. The first-order valence-corrected chi connectivity index (χ1v) is 7.52. The number of hydrogen-bond donors (Lipinski definition) is 0. The van der Waals surface area contributed by atoms with E-state index in [-0.39, 0.29) is 42.4 Å². The summed E-state index contributed by atoms with van der Waals surface area (Å²) in [5, 5.41) is 0. The lowest BCUT2D eigenvalue weighted by atomic mass is 9.96. The third kappa shape index (κ3) is 10.1. The Bertz CT molecular complexity index is 417. The molecule has 2 atom stereocenters. The van der Waals surface area contributed by atoms with Crippen molar-refractivity contribution in [3.8, 4) is 0 Å². The fourth-order valence-electron chi connectivity index (χ4n) is 1.84. The van der Waals surface area contributed by atoms with Gasteiger partial charge in [0.05, 0.1) is 13.5 Å². The summed E-state index contributed by atoms with van der Waals surface area (Å²) in [6, 6.07) is 0. The number of ketones is 1. The largest absolute Gasteiger partial charge is 0.469 e. The summed E-state index contributed by atoms with van der Waals surface area (Å²) in [4.78, 5) is 34.5. The van der Waals surface area contributed by atoms with Crippen molar-refractivity contribution in [1.29, 1.82) is 0 Å². The molecule has 0 aromatic heterocycles. The highest BCUT2D eigenvalue weighted by atomic mass is 16.6. The van der Waals surface area contributed by atoms with Gasteiger partial charge in [-0.3, -0.25) is 14.4 Å². The van der Waals surface area contributed by atoms with Crippen LogP contribution in [0.3, 0.4) is 0 Å². The Morgan fingerprint density at radius 1 is 1.09 bits per heavy atom. The van der Waals surface area contributed by atoms with Gasteiger partial charge in [-0.1, -0.05) is 19.1 Å². The second-order valence-corrected chi connectivity index (χ2v) is 6.48. The normalized spacial score (nSPS) is 14.5. The third-order valence-corrected chi connectivity index (χ3v) is 2.99. The van der Waals surface area contributed by atoms with Gasteiger partial charge < -0.3 is 9.47 Å². The van der Waals surface area contributed by atoms with Crippen molar-refractivity contribution < 1.29 is 23.9 Å². The molecule has 0 amide bonds. The summed E-state index contributed by atoms with van der Waals surface area (Å²) in [5.74, 6) is -0.964. The summed E-state index contributed by atoms with van der Waals surface area (Å²) in [7, 11) is 1.35. The molecule has 22 heavy (non-hydrogen) atoms. The molecule has 0 aliphatic rings. The predicted octanol–water partition coefficient (Wildman–Crippen LogP) is 3.07. The summed E-state index contributed by atoms with van der Waals surface area (Å²) in [6.07, 6.45) is 4.45. The Labute approximate surface area is 133 Å². The molecule has 5 nitrogen and oxygen atoms in total. The van der Waals surface area contributed by atoms with Crippen molar-refractivity contribution in [3.05, 3.63) is 12.2 Å². The van der Waals surface area contributed by atoms with Crippen LogP contribution in [0.1, 0.15) is 53.9 Å². The van der Waals surface area contributed by atoms with Crippen molar-refractivity contribution in [2.75, 3.05) is 7.11 Å². The average Bonchev–Trinajstić information content (AvgIpc) is 2.35. The molecule has 5 heteroatoms. The van der Waals surface area contributed by atoms with Crippen LogP contribution in [-0.2, 0) is 23.9 Å². The number of rotatable bonds is 8. The van der Waals surface area contributed by atoms with E-state index < -0.39 is 5.60 Å². The van der Waals surface area contributed by atoms with E-state index in [1.165, 1.54) is 14.0 Å². The van der Waals surface area contributed by atoms with Crippen LogP contribution in [0.2, 0.25) is 0 Å². The molecule has 0 spiro atoms. The number of ether oxygens (including phenoxy) is 2. The van der Waals surface area contributed by atoms with Crippen LogP contribution in [0.25, 0.3) is 0 Å². The molecule has 126 valence electrons. The molecular weight excluding hydrogens is 284 g/mol. The molecule has 0 saturated carbocycles. The van der Waals surface area contributed by atoms with Crippen LogP contribution >= 0.6 is 0 Å². The first kappa shape index (κ1) is 20.3. The van der Waals surface area contributed by atoms with Crippen LogP contribution in [0, 0.1) is 11.8 Å². The van der Waals surface area contributed by atoms with E-state index in [1.807, 2.05) is 33.8 Å². The molecule has 0 aliphatic heterocycles. The number of esters is 2. The summed E-state index contributed by atoms with van der Waals surface area (Å²) in [5.41, 5.74) is -0.520. The van der Waals surface area contributed by atoms with Crippen LogP contribution in [0.4, 0.5) is 0 Å². The van der Waals surface area contributed by atoms with Gasteiger partial charge in [0, 0.05) is 12.3 Å². The maximum Gasteiger partial charge on any atom is 0.306 e. The van der Waals surface area contributed by atoms with Crippen molar-refractivity contribution in [2.24, 2.45) is 11.8 Å². The summed E-state index contributed by atoms with van der Waals surface area (Å²) >= 11 is 0. The third-order valence-electron chi connectivity index (χ3n) is 2.99. The predicted molar refractivity (Wildman–Crippen MR) is 84.2 cm³/mol. The number of carbonyl (C=O) groups excluding carboxylic acids is 3. The molecule has 0 saturated heterocycles. The highest BCUT2D eigenvalue weighted by molar-refractivity contribution is 5.81. The molecule has 0 aliphatic carbocycles. The standard InChI is InChI=1S/C17H28O5/c1-12(11-16(20)21-6)7-8-14(13(2)18)9-10-15(19)22-17(3,4)5/h7-8,12,14H,9-11H2,1-6H3/b8-7+/t12-,14-/m0/s1. The van der Waals surface area contributed by atoms with Gasteiger partial charge in [-0.25, -0.2) is 0 Å². The fourth-order valence-corrected chi connectivity index (χ4v) is 1.84. The molecule has 0 aromatic rings. The fraction of sp³-hybridized carbons (Fsp3) is 0.706. The van der Waals surface area contributed by atoms with E-state index in [0.717, 1.165) is 0 Å². The molecule has 0 fully saturated rings. The smallest absolute Gasteiger partial charge is 0.306 e. The Kier molecular flexibility index (Phi) is 8.68. The molecule has 0 heterocycles. The molecule has 0 bridgehead atoms. The minimum atomic E-state index is -0.520. The molecule has 0 rings (SSSR count). The second kappa shape index (κ2) is 9.38. The molecular formula is C17H28O5. The highest BCUT2D eigenvalue weighted by Crippen LogP contribution is 2.16. The van der Waals surface area contributed by atoms with Crippen molar-refractivity contribution in [3.63, 3.8) is 0 Å². The van der Waals surface area contributed by atoms with E-state index in [0.29, 0.717) is 6.42 Å². The van der Waals surface area contributed by atoms with Crippen molar-refractivity contribution >= 4 is 17.7 Å². The van der Waals surface area contributed by atoms with Crippen molar-refractivity contribution in [1.82, 2.24) is 0 Å². The SMILES string of the molecule is COC(=O)C[C@@H](C)/C=C/[C@@H](CCC(=O)OC(C)(C)C)C(C)=O. The molecule has 0 unspecified atom stereocenters. The number of allylic oxidation sites excluding steroid dienone is 2. The number of hydrogen-bond acceptors (Lipinski definition) is 5. The summed E-state index contributed by atoms with van der Waals surface area (Å²) < 4.78 is 9.82. The van der Waals surface area contributed by atoms with E-state index in [1.54, 1.807) is 6.08 Å². The Hall–Kier alpha value is -1.65. The first-order valence-electron chi connectivity index (χ1n) is 7.52. The van der Waals surface area contributed by atoms with Crippen molar-refractivity contribution in [2.45, 2.75) is 59.5 Å². The number of carbonyl (C=O) groups is 3. The quantitative estimate of drug-likeness (QED) is 0.509. The topological polar surface area (TPSA) is 69.7 Å². The monoisotopic (exact) mass is 312 g/mol. The van der Waals surface area contributed by atoms with Crippen LogP contribution in [0.15, 0.2) is 12.2 Å². The van der Waals surface area contributed by atoms with E-state index in [4.69, 9.17) is 4.74 Å². The van der Waals surface area contributed by atoms with Gasteiger partial charge in [-0.15, -0.1) is 0 Å². The van der Waals surface area contributed by atoms with Gasteiger partial charge in [0.2, 0.25) is 0 Å². The van der Waals surface area contributed by atoms with Gasteiger partial charge in [0.25, 0.3) is 0 Å². The van der Waals surface area contributed by atoms with Gasteiger partial charge in [-0.05, 0) is 40.0 Å². The summed E-state index contributed by atoms with van der Waals surface area (Å²) in [6.45, 7) is 8.79. The minimum absolute atomic E-state index is 0.00919. The maximum atomic E-state index is 11.7. The van der Waals surface area contributed by atoms with E-state index >= 15 is 0 Å². The van der Waals surface area contributed by atoms with Gasteiger partial charge >= 0.3 is 11.9 Å². The van der Waals surface area contributed by atoms with Gasteiger partial charge in [-0.2, -0.15) is 0 Å². The first-order chi connectivity index (χ1) is 10.0. The Balaban J connectivity index is 4.47. The number of Topliss-reactive ketones (excluding diaryl/α,β-unsaturated/α-hetero) is 1. The zero-order chi connectivity index (χ0) is 17.3. The molecule has 0 N–H and O–H groups in total. The van der Waals surface area contributed by atoms with Crippen LogP contribution < -0.4 is 0 Å². The Morgan fingerprint density at radius 2 is 1.68 bits per heavy atom. The van der Waals surface area contributed by atoms with E-state index in [2.05, 4.69) is 4.74 Å². The van der Waals surface area contributed by atoms with Crippen LogP contribution in [-0.4, -0.2) is 30.4 Å². The lowest BCUT2D eigenvalue weighted by Gasteiger charge is -2.20. The second-order valence-electron chi connectivity index (χ2n) is 6.48. The highest BCUT2D eigenvalue weighted by Gasteiger charge is 2.19. The number of methoxy groups -OCH3 is 1. The van der Waals surface area contributed by atoms with Gasteiger partial charge in [0.15, 0.2) is 0 Å². The minimum Gasteiger partial charge on any atom is -0.469 e.